The number of nitrogens with two attached hydrogens (primary N) is 1. The summed E-state index contributed by atoms with van der Waals surface area (Å²) < 4.78 is 30.1. The van der Waals surface area contributed by atoms with E-state index in [0.717, 1.165) is 29.4 Å². The van der Waals surface area contributed by atoms with Crippen molar-refractivity contribution >= 4 is 20.9 Å². The molecule has 2 heterocycles. The lowest BCUT2D eigenvalue weighted by molar-refractivity contribution is 0.243. The second-order valence-corrected chi connectivity index (χ2v) is 8.49. The van der Waals surface area contributed by atoms with Crippen molar-refractivity contribution in [2.45, 2.75) is 37.6 Å². The molecule has 1 saturated heterocycles. The fourth-order valence-electron chi connectivity index (χ4n) is 3.56. The molecule has 0 bridgehead atoms. The molecule has 5 nitrogen and oxygen atoms in total. The number of fused-ring (bicyclic) bond motifs is 1. The highest BCUT2D eigenvalue weighted by atomic mass is 32.2. The minimum absolute atomic E-state index is 0.0154. The average Bonchev–Trinajstić information content (AvgIpc) is 2.80. The first kappa shape index (κ1) is 16.5. The SMILES string of the molecule is Cc1c(S(=O)(=O)N2CCCC(C(C)N)C2)c2ccccc2n1C. The molecule has 2 atom stereocenters. The first-order valence-corrected chi connectivity index (χ1v) is 9.57. The predicted octanol–water partition coefficient (Wildman–Crippen LogP) is 2.23. The zero-order valence-corrected chi connectivity index (χ0v) is 14.8. The number of rotatable bonds is 3. The van der Waals surface area contributed by atoms with E-state index in [1.807, 2.05) is 49.7 Å². The van der Waals surface area contributed by atoms with Crippen LogP contribution < -0.4 is 5.73 Å². The molecular formula is C17H25N3O2S. The van der Waals surface area contributed by atoms with Crippen LogP contribution in [-0.2, 0) is 17.1 Å². The molecule has 2 unspecified atom stereocenters. The second kappa shape index (κ2) is 5.92. The maximum absolute atomic E-state index is 13.3. The highest BCUT2D eigenvalue weighted by molar-refractivity contribution is 7.89. The molecule has 2 N–H and O–H groups in total. The van der Waals surface area contributed by atoms with Gasteiger partial charge < -0.3 is 10.3 Å². The van der Waals surface area contributed by atoms with Gasteiger partial charge in [0, 0.05) is 42.8 Å². The Balaban J connectivity index is 2.09. The molecule has 0 spiro atoms. The lowest BCUT2D eigenvalue weighted by atomic mass is 9.93. The Hall–Kier alpha value is -1.37. The van der Waals surface area contributed by atoms with Gasteiger partial charge in [-0.1, -0.05) is 18.2 Å². The van der Waals surface area contributed by atoms with Gasteiger partial charge in [0.05, 0.1) is 0 Å². The summed E-state index contributed by atoms with van der Waals surface area (Å²) in [6.45, 7) is 4.93. The quantitative estimate of drug-likeness (QED) is 0.935. The first-order valence-electron chi connectivity index (χ1n) is 8.13. The number of sulfonamides is 1. The number of hydrogen-bond donors (Lipinski definition) is 1. The number of benzene rings is 1. The van der Waals surface area contributed by atoms with Crippen molar-refractivity contribution in [2.75, 3.05) is 13.1 Å². The third kappa shape index (κ3) is 2.69. The van der Waals surface area contributed by atoms with Gasteiger partial charge >= 0.3 is 0 Å². The molecule has 0 saturated carbocycles. The zero-order valence-electron chi connectivity index (χ0n) is 14.0. The molecule has 126 valence electrons. The fourth-order valence-corrected chi connectivity index (χ4v) is 5.54. The van der Waals surface area contributed by atoms with Gasteiger partial charge in [0.15, 0.2) is 0 Å². The van der Waals surface area contributed by atoms with Gasteiger partial charge in [-0.25, -0.2) is 8.42 Å². The Morgan fingerprint density at radius 1 is 1.30 bits per heavy atom. The first-order chi connectivity index (χ1) is 10.8. The van der Waals surface area contributed by atoms with Crippen LogP contribution in [0.2, 0.25) is 0 Å². The monoisotopic (exact) mass is 335 g/mol. The Morgan fingerprint density at radius 3 is 2.70 bits per heavy atom. The maximum atomic E-state index is 13.3. The fraction of sp³-hybridized carbons (Fsp3) is 0.529. The van der Waals surface area contributed by atoms with Gasteiger partial charge in [-0.05, 0) is 38.7 Å². The Bertz CT molecular complexity index is 824. The molecule has 3 rings (SSSR count). The van der Waals surface area contributed by atoms with Crippen LogP contribution in [0.5, 0.6) is 0 Å². The van der Waals surface area contributed by atoms with E-state index in [4.69, 9.17) is 5.73 Å². The molecule has 0 amide bonds. The molecule has 0 aliphatic carbocycles. The highest BCUT2D eigenvalue weighted by Crippen LogP contribution is 2.33. The van der Waals surface area contributed by atoms with E-state index in [1.165, 1.54) is 0 Å². The molecule has 1 aromatic heterocycles. The molecule has 1 aromatic carbocycles. The van der Waals surface area contributed by atoms with Gasteiger partial charge in [0.2, 0.25) is 10.0 Å². The third-order valence-corrected chi connectivity index (χ3v) is 7.15. The van der Waals surface area contributed by atoms with Crippen LogP contribution in [0.4, 0.5) is 0 Å². The van der Waals surface area contributed by atoms with E-state index >= 15 is 0 Å². The van der Waals surface area contributed by atoms with Gasteiger partial charge in [0.1, 0.15) is 4.90 Å². The second-order valence-electron chi connectivity index (χ2n) is 6.62. The average molecular weight is 335 g/mol. The molecule has 1 fully saturated rings. The van der Waals surface area contributed by atoms with Crippen LogP contribution in [0.25, 0.3) is 10.9 Å². The van der Waals surface area contributed by atoms with Crippen molar-refractivity contribution in [1.29, 1.82) is 0 Å². The summed E-state index contributed by atoms with van der Waals surface area (Å²) in [7, 11) is -1.59. The summed E-state index contributed by atoms with van der Waals surface area (Å²) in [5.41, 5.74) is 7.74. The number of para-hydroxylation sites is 1. The normalized spacial score (nSPS) is 21.7. The van der Waals surface area contributed by atoms with Crippen molar-refractivity contribution in [3.8, 4) is 0 Å². The maximum Gasteiger partial charge on any atom is 0.245 e. The number of nitrogens with zero attached hydrogens (tertiary/aromatic N) is 2. The van der Waals surface area contributed by atoms with Gasteiger partial charge in [0.25, 0.3) is 0 Å². The number of hydrogen-bond acceptors (Lipinski definition) is 3. The van der Waals surface area contributed by atoms with Crippen LogP contribution in [0, 0.1) is 12.8 Å². The van der Waals surface area contributed by atoms with Crippen molar-refractivity contribution in [2.24, 2.45) is 18.7 Å². The van der Waals surface area contributed by atoms with E-state index in [0.29, 0.717) is 18.0 Å². The van der Waals surface area contributed by atoms with Crippen molar-refractivity contribution in [3.63, 3.8) is 0 Å². The molecule has 1 aliphatic rings. The standard InChI is InChI=1S/C17H25N3O2S/c1-12(18)14-7-6-10-20(11-14)23(21,22)17-13(2)19(3)16-9-5-4-8-15(16)17/h4-5,8-9,12,14H,6-7,10-11,18H2,1-3H3. The van der Waals surface area contributed by atoms with Crippen molar-refractivity contribution in [3.05, 3.63) is 30.0 Å². The number of piperidine rings is 1. The Morgan fingerprint density at radius 2 is 2.00 bits per heavy atom. The topological polar surface area (TPSA) is 68.3 Å². The Kier molecular flexibility index (Phi) is 4.25. The summed E-state index contributed by atoms with van der Waals surface area (Å²) in [6.07, 6.45) is 1.87. The summed E-state index contributed by atoms with van der Waals surface area (Å²) in [6, 6.07) is 7.69. The van der Waals surface area contributed by atoms with E-state index in [-0.39, 0.29) is 12.0 Å². The molecule has 2 aromatic rings. The van der Waals surface area contributed by atoms with E-state index in [1.54, 1.807) is 4.31 Å². The largest absolute Gasteiger partial charge is 0.347 e. The number of aryl methyl sites for hydroxylation is 1. The smallest absolute Gasteiger partial charge is 0.245 e. The summed E-state index contributed by atoms with van der Waals surface area (Å²) in [5.74, 6) is 0.230. The van der Waals surface area contributed by atoms with Crippen LogP contribution in [-0.4, -0.2) is 36.4 Å². The van der Waals surface area contributed by atoms with E-state index in [2.05, 4.69) is 0 Å². The van der Waals surface area contributed by atoms with Gasteiger partial charge in [-0.3, -0.25) is 0 Å². The van der Waals surface area contributed by atoms with Crippen LogP contribution >= 0.6 is 0 Å². The van der Waals surface area contributed by atoms with Gasteiger partial charge in [-0.15, -0.1) is 0 Å². The van der Waals surface area contributed by atoms with E-state index < -0.39 is 10.0 Å². The van der Waals surface area contributed by atoms with Crippen LogP contribution in [0.3, 0.4) is 0 Å². The van der Waals surface area contributed by atoms with Crippen molar-refractivity contribution in [1.82, 2.24) is 8.87 Å². The summed E-state index contributed by atoms with van der Waals surface area (Å²) >= 11 is 0. The van der Waals surface area contributed by atoms with Crippen molar-refractivity contribution < 1.29 is 8.42 Å². The summed E-state index contributed by atoms with van der Waals surface area (Å²) in [4.78, 5) is 0.445. The minimum Gasteiger partial charge on any atom is -0.347 e. The zero-order chi connectivity index (χ0) is 16.8. The van der Waals surface area contributed by atoms with Crippen LogP contribution in [0.15, 0.2) is 29.2 Å². The molecule has 23 heavy (non-hydrogen) atoms. The predicted molar refractivity (Wildman–Crippen MR) is 92.8 cm³/mol. The van der Waals surface area contributed by atoms with Gasteiger partial charge in [-0.2, -0.15) is 4.31 Å². The highest BCUT2D eigenvalue weighted by Gasteiger charge is 2.34. The minimum atomic E-state index is -3.51. The Labute approximate surface area is 138 Å². The number of aromatic nitrogens is 1. The molecule has 6 heteroatoms. The summed E-state index contributed by atoms with van der Waals surface area (Å²) in [5, 5.41) is 0.801. The lowest BCUT2D eigenvalue weighted by Gasteiger charge is -2.33. The molecule has 1 aliphatic heterocycles. The molecule has 0 radical (unpaired) electrons. The lowest BCUT2D eigenvalue weighted by Crippen LogP contribution is -2.45. The van der Waals surface area contributed by atoms with Crippen LogP contribution in [0.1, 0.15) is 25.5 Å². The third-order valence-electron chi connectivity index (χ3n) is 5.10. The van der Waals surface area contributed by atoms with E-state index in [9.17, 15) is 8.42 Å². The molecular weight excluding hydrogens is 310 g/mol.